The molecule has 0 amide bonds. The van der Waals surface area contributed by atoms with Gasteiger partial charge in [-0.25, -0.2) is 0 Å². The lowest BCUT2D eigenvalue weighted by molar-refractivity contribution is -0.0511. The third-order valence-electron chi connectivity index (χ3n) is 1.84. The number of anilines is 1. The van der Waals surface area contributed by atoms with Crippen molar-refractivity contribution in [2.45, 2.75) is 26.5 Å². The molecule has 0 spiro atoms. The number of hydrogen-bond donors (Lipinski definition) is 1. The van der Waals surface area contributed by atoms with E-state index in [1.807, 2.05) is 13.8 Å². The lowest BCUT2D eigenvalue weighted by Crippen LogP contribution is -2.10. The minimum atomic E-state index is -2.86. The summed E-state index contributed by atoms with van der Waals surface area (Å²) in [5, 5.41) is 3.09. The van der Waals surface area contributed by atoms with Gasteiger partial charge in [0.25, 0.3) is 0 Å². The predicted octanol–water partition coefficient (Wildman–Crippen LogP) is 3.12. The standard InChI is InChI=1S/C11H15F2NO2/c1-7(2)14-8-4-5-9(15-3)10(6-8)16-11(12)13/h4-7,11,14H,1-3H3. The monoisotopic (exact) mass is 231 g/mol. The number of hydrogen-bond acceptors (Lipinski definition) is 3. The van der Waals surface area contributed by atoms with Crippen molar-refractivity contribution in [2.75, 3.05) is 12.4 Å². The van der Waals surface area contributed by atoms with E-state index < -0.39 is 6.61 Å². The quantitative estimate of drug-likeness (QED) is 0.844. The molecule has 3 nitrogen and oxygen atoms in total. The zero-order chi connectivity index (χ0) is 12.1. The average molecular weight is 231 g/mol. The van der Waals surface area contributed by atoms with Gasteiger partial charge >= 0.3 is 6.61 Å². The van der Waals surface area contributed by atoms with Crippen LogP contribution in [0.4, 0.5) is 14.5 Å². The van der Waals surface area contributed by atoms with Crippen LogP contribution in [0.1, 0.15) is 13.8 Å². The fraction of sp³-hybridized carbons (Fsp3) is 0.455. The minimum Gasteiger partial charge on any atom is -0.493 e. The molecule has 1 rings (SSSR count). The fourth-order valence-corrected chi connectivity index (χ4v) is 1.29. The van der Waals surface area contributed by atoms with E-state index in [0.717, 1.165) is 0 Å². The van der Waals surface area contributed by atoms with Crippen LogP contribution in [-0.2, 0) is 0 Å². The number of rotatable bonds is 5. The number of nitrogens with one attached hydrogen (secondary N) is 1. The fourth-order valence-electron chi connectivity index (χ4n) is 1.29. The molecular formula is C11H15F2NO2. The molecule has 0 aliphatic rings. The van der Waals surface area contributed by atoms with Crippen molar-refractivity contribution in [3.05, 3.63) is 18.2 Å². The van der Waals surface area contributed by atoms with Crippen molar-refractivity contribution in [1.29, 1.82) is 0 Å². The molecule has 16 heavy (non-hydrogen) atoms. The molecule has 1 aromatic carbocycles. The highest BCUT2D eigenvalue weighted by atomic mass is 19.3. The normalized spacial score (nSPS) is 10.7. The van der Waals surface area contributed by atoms with Gasteiger partial charge in [-0.05, 0) is 26.0 Å². The highest BCUT2D eigenvalue weighted by Crippen LogP contribution is 2.31. The first kappa shape index (κ1) is 12.5. The van der Waals surface area contributed by atoms with E-state index in [-0.39, 0.29) is 17.5 Å². The van der Waals surface area contributed by atoms with Gasteiger partial charge in [-0.2, -0.15) is 8.78 Å². The number of methoxy groups -OCH3 is 1. The van der Waals surface area contributed by atoms with Crippen LogP contribution in [0.25, 0.3) is 0 Å². The summed E-state index contributed by atoms with van der Waals surface area (Å²) in [5.74, 6) is 0.317. The van der Waals surface area contributed by atoms with Gasteiger partial charge in [0.2, 0.25) is 0 Å². The van der Waals surface area contributed by atoms with Crippen LogP contribution in [0.15, 0.2) is 18.2 Å². The van der Waals surface area contributed by atoms with Crippen LogP contribution in [0.2, 0.25) is 0 Å². The Bertz CT molecular complexity index is 343. The molecule has 0 aromatic heterocycles. The molecule has 0 fully saturated rings. The maximum absolute atomic E-state index is 12.1. The maximum Gasteiger partial charge on any atom is 0.387 e. The van der Waals surface area contributed by atoms with E-state index in [1.54, 1.807) is 12.1 Å². The van der Waals surface area contributed by atoms with Crippen molar-refractivity contribution >= 4 is 5.69 Å². The second-order valence-electron chi connectivity index (χ2n) is 3.54. The predicted molar refractivity (Wildman–Crippen MR) is 58.4 cm³/mol. The third kappa shape index (κ3) is 3.56. The first-order valence-corrected chi connectivity index (χ1v) is 4.92. The van der Waals surface area contributed by atoms with E-state index in [9.17, 15) is 8.78 Å². The molecule has 0 saturated carbocycles. The van der Waals surface area contributed by atoms with E-state index in [1.165, 1.54) is 13.2 Å². The van der Waals surface area contributed by atoms with Gasteiger partial charge < -0.3 is 14.8 Å². The summed E-state index contributed by atoms with van der Waals surface area (Å²) in [4.78, 5) is 0. The topological polar surface area (TPSA) is 30.5 Å². The van der Waals surface area contributed by atoms with Crippen LogP contribution >= 0.6 is 0 Å². The molecule has 0 saturated heterocycles. The number of benzene rings is 1. The van der Waals surface area contributed by atoms with Crippen LogP contribution in [0, 0.1) is 0 Å². The zero-order valence-electron chi connectivity index (χ0n) is 9.46. The Labute approximate surface area is 93.4 Å². The Morgan fingerprint density at radius 1 is 1.19 bits per heavy atom. The van der Waals surface area contributed by atoms with Crippen molar-refractivity contribution in [3.63, 3.8) is 0 Å². The van der Waals surface area contributed by atoms with Gasteiger partial charge in [0.15, 0.2) is 11.5 Å². The van der Waals surface area contributed by atoms with Crippen LogP contribution in [-0.4, -0.2) is 19.8 Å². The maximum atomic E-state index is 12.1. The highest BCUT2D eigenvalue weighted by Gasteiger charge is 2.11. The third-order valence-corrected chi connectivity index (χ3v) is 1.84. The van der Waals surface area contributed by atoms with Gasteiger partial charge in [0, 0.05) is 17.8 Å². The second kappa shape index (κ2) is 5.53. The number of ether oxygens (including phenoxy) is 2. The summed E-state index contributed by atoms with van der Waals surface area (Å²) in [7, 11) is 1.41. The number of alkyl halides is 2. The van der Waals surface area contributed by atoms with Crippen LogP contribution in [0.5, 0.6) is 11.5 Å². The Morgan fingerprint density at radius 2 is 1.88 bits per heavy atom. The molecular weight excluding hydrogens is 216 g/mol. The lowest BCUT2D eigenvalue weighted by Gasteiger charge is -2.14. The average Bonchev–Trinajstić information content (AvgIpc) is 2.16. The van der Waals surface area contributed by atoms with Crippen molar-refractivity contribution in [1.82, 2.24) is 0 Å². The molecule has 5 heteroatoms. The lowest BCUT2D eigenvalue weighted by atomic mass is 10.2. The van der Waals surface area contributed by atoms with Crippen molar-refractivity contribution in [2.24, 2.45) is 0 Å². The molecule has 1 N–H and O–H groups in total. The van der Waals surface area contributed by atoms with Crippen molar-refractivity contribution < 1.29 is 18.3 Å². The smallest absolute Gasteiger partial charge is 0.387 e. The number of halogens is 2. The second-order valence-corrected chi connectivity index (χ2v) is 3.54. The van der Waals surface area contributed by atoms with Gasteiger partial charge in [-0.1, -0.05) is 0 Å². The molecule has 0 radical (unpaired) electrons. The Hall–Kier alpha value is -1.52. The SMILES string of the molecule is COc1ccc(NC(C)C)cc1OC(F)F. The summed E-state index contributed by atoms with van der Waals surface area (Å²) < 4.78 is 33.5. The molecule has 0 heterocycles. The Balaban J connectivity index is 2.91. The van der Waals surface area contributed by atoms with E-state index in [2.05, 4.69) is 10.1 Å². The van der Waals surface area contributed by atoms with Crippen molar-refractivity contribution in [3.8, 4) is 11.5 Å². The van der Waals surface area contributed by atoms with Crippen LogP contribution < -0.4 is 14.8 Å². The molecule has 90 valence electrons. The summed E-state index contributed by atoms with van der Waals surface area (Å²) in [6.45, 7) is 1.05. The summed E-state index contributed by atoms with van der Waals surface area (Å²) in [6, 6.07) is 5.04. The van der Waals surface area contributed by atoms with Gasteiger partial charge in [0.05, 0.1) is 7.11 Å². The molecule has 1 aromatic rings. The van der Waals surface area contributed by atoms with Crippen LogP contribution in [0.3, 0.4) is 0 Å². The summed E-state index contributed by atoms with van der Waals surface area (Å²) >= 11 is 0. The largest absolute Gasteiger partial charge is 0.493 e. The molecule has 0 aliphatic carbocycles. The molecule has 0 unspecified atom stereocenters. The highest BCUT2D eigenvalue weighted by molar-refractivity contribution is 5.55. The zero-order valence-corrected chi connectivity index (χ0v) is 9.46. The van der Waals surface area contributed by atoms with E-state index in [0.29, 0.717) is 5.69 Å². The van der Waals surface area contributed by atoms with Gasteiger partial charge in [-0.15, -0.1) is 0 Å². The molecule has 0 atom stereocenters. The minimum absolute atomic E-state index is 0.0307. The first-order valence-electron chi connectivity index (χ1n) is 4.92. The van der Waals surface area contributed by atoms with E-state index >= 15 is 0 Å². The Morgan fingerprint density at radius 3 is 2.38 bits per heavy atom. The molecule has 0 bridgehead atoms. The molecule has 0 aliphatic heterocycles. The van der Waals surface area contributed by atoms with E-state index in [4.69, 9.17) is 4.74 Å². The Kier molecular flexibility index (Phi) is 4.34. The first-order chi connectivity index (χ1) is 7.52. The van der Waals surface area contributed by atoms with Gasteiger partial charge in [-0.3, -0.25) is 0 Å². The summed E-state index contributed by atoms with van der Waals surface area (Å²) in [5.41, 5.74) is 0.714. The summed E-state index contributed by atoms with van der Waals surface area (Å²) in [6.07, 6.45) is 0. The van der Waals surface area contributed by atoms with Gasteiger partial charge in [0.1, 0.15) is 0 Å².